The maximum Gasteiger partial charge on any atom is 0.292 e. The van der Waals surface area contributed by atoms with Gasteiger partial charge in [-0.05, 0) is 37.0 Å². The molecule has 6 nitrogen and oxygen atoms in total. The summed E-state index contributed by atoms with van der Waals surface area (Å²) in [6.07, 6.45) is 3.04. The average molecular weight is 343 g/mol. The summed E-state index contributed by atoms with van der Waals surface area (Å²) < 4.78 is 10.1. The number of ether oxygens (including phenoxy) is 1. The molecular weight excluding hydrogens is 318 g/mol. The SMILES string of the molecule is COc1cc(C(=O)N2CCC[C@@H](N(C)Cc3ccccc3)CC2)on1. The summed E-state index contributed by atoms with van der Waals surface area (Å²) in [5.41, 5.74) is 1.32. The number of nitrogens with zero attached hydrogens (tertiary/aromatic N) is 3. The Morgan fingerprint density at radius 3 is 2.84 bits per heavy atom. The van der Waals surface area contributed by atoms with Gasteiger partial charge in [0.05, 0.1) is 13.2 Å². The van der Waals surface area contributed by atoms with E-state index in [1.165, 1.54) is 12.7 Å². The van der Waals surface area contributed by atoms with Crippen molar-refractivity contribution in [2.75, 3.05) is 27.2 Å². The lowest BCUT2D eigenvalue weighted by atomic mass is 10.1. The van der Waals surface area contributed by atoms with Crippen LogP contribution in [-0.2, 0) is 6.54 Å². The summed E-state index contributed by atoms with van der Waals surface area (Å²) in [7, 11) is 3.67. The summed E-state index contributed by atoms with van der Waals surface area (Å²) >= 11 is 0. The first kappa shape index (κ1) is 17.5. The molecule has 2 heterocycles. The third-order valence-corrected chi connectivity index (χ3v) is 4.79. The largest absolute Gasteiger partial charge is 0.479 e. The molecular formula is C19H25N3O3. The average Bonchev–Trinajstić information content (AvgIpc) is 2.98. The minimum Gasteiger partial charge on any atom is -0.479 e. The molecule has 1 fully saturated rings. The normalized spacial score (nSPS) is 18.2. The number of rotatable bonds is 5. The van der Waals surface area contributed by atoms with E-state index in [2.05, 4.69) is 41.4 Å². The van der Waals surface area contributed by atoms with Gasteiger partial charge in [0.25, 0.3) is 11.8 Å². The van der Waals surface area contributed by atoms with E-state index in [1.807, 2.05) is 11.0 Å². The minimum atomic E-state index is -0.109. The Bertz CT molecular complexity index is 686. The smallest absolute Gasteiger partial charge is 0.292 e. The van der Waals surface area contributed by atoms with E-state index in [0.29, 0.717) is 11.9 Å². The van der Waals surface area contributed by atoms with Gasteiger partial charge in [-0.15, -0.1) is 0 Å². The van der Waals surface area contributed by atoms with E-state index in [4.69, 9.17) is 9.26 Å². The highest BCUT2D eigenvalue weighted by Gasteiger charge is 2.26. The Hall–Kier alpha value is -2.34. The topological polar surface area (TPSA) is 58.8 Å². The first-order valence-corrected chi connectivity index (χ1v) is 8.71. The van der Waals surface area contributed by atoms with E-state index in [0.717, 1.165) is 38.9 Å². The lowest BCUT2D eigenvalue weighted by molar-refractivity contribution is 0.0715. The fraction of sp³-hybridized carbons (Fsp3) is 0.474. The van der Waals surface area contributed by atoms with Crippen molar-refractivity contribution in [3.8, 4) is 5.88 Å². The van der Waals surface area contributed by atoms with Crippen LogP contribution in [0.1, 0.15) is 35.4 Å². The third-order valence-electron chi connectivity index (χ3n) is 4.79. The maximum atomic E-state index is 12.6. The van der Waals surface area contributed by atoms with Crippen LogP contribution in [0.5, 0.6) is 5.88 Å². The molecule has 0 spiro atoms. The molecule has 0 saturated carbocycles. The van der Waals surface area contributed by atoms with Crippen molar-refractivity contribution in [3.63, 3.8) is 0 Å². The second-order valence-electron chi connectivity index (χ2n) is 6.51. The van der Waals surface area contributed by atoms with Crippen LogP contribution in [0.15, 0.2) is 40.9 Å². The highest BCUT2D eigenvalue weighted by Crippen LogP contribution is 2.20. The summed E-state index contributed by atoms with van der Waals surface area (Å²) in [5, 5.41) is 3.71. The Morgan fingerprint density at radius 1 is 1.32 bits per heavy atom. The second-order valence-corrected chi connectivity index (χ2v) is 6.51. The molecule has 3 rings (SSSR count). The molecule has 1 aliphatic heterocycles. The van der Waals surface area contributed by atoms with E-state index in [9.17, 15) is 4.79 Å². The molecule has 134 valence electrons. The molecule has 0 aliphatic carbocycles. The third kappa shape index (κ3) is 4.39. The van der Waals surface area contributed by atoms with Crippen molar-refractivity contribution in [2.45, 2.75) is 31.8 Å². The van der Waals surface area contributed by atoms with Crippen LogP contribution in [0.4, 0.5) is 0 Å². The van der Waals surface area contributed by atoms with E-state index in [-0.39, 0.29) is 11.7 Å². The predicted octanol–water partition coefficient (Wildman–Crippen LogP) is 2.81. The Kier molecular flexibility index (Phi) is 5.71. The van der Waals surface area contributed by atoms with Gasteiger partial charge in [-0.3, -0.25) is 9.69 Å². The van der Waals surface area contributed by atoms with Gasteiger partial charge < -0.3 is 14.2 Å². The highest BCUT2D eigenvalue weighted by atomic mass is 16.5. The fourth-order valence-electron chi connectivity index (χ4n) is 3.33. The number of hydrogen-bond acceptors (Lipinski definition) is 5. The van der Waals surface area contributed by atoms with E-state index >= 15 is 0 Å². The standard InChI is InChI=1S/C19H25N3O3/c1-21(14-15-7-4-3-5-8-15)16-9-6-11-22(12-10-16)19(23)17-13-18(24-2)20-25-17/h3-5,7-8,13,16H,6,9-12,14H2,1-2H3/t16-/m1/s1. The lowest BCUT2D eigenvalue weighted by Crippen LogP contribution is -2.34. The van der Waals surface area contributed by atoms with Gasteiger partial charge >= 0.3 is 0 Å². The zero-order valence-corrected chi connectivity index (χ0v) is 14.9. The van der Waals surface area contributed by atoms with Crippen LogP contribution >= 0.6 is 0 Å². The van der Waals surface area contributed by atoms with Crippen LogP contribution < -0.4 is 4.74 Å². The molecule has 0 bridgehead atoms. The van der Waals surface area contributed by atoms with Crippen molar-refractivity contribution in [1.29, 1.82) is 0 Å². The van der Waals surface area contributed by atoms with E-state index in [1.54, 1.807) is 6.07 Å². The van der Waals surface area contributed by atoms with Crippen molar-refractivity contribution in [2.24, 2.45) is 0 Å². The quantitative estimate of drug-likeness (QED) is 0.835. The van der Waals surface area contributed by atoms with Crippen molar-refractivity contribution >= 4 is 5.91 Å². The zero-order valence-electron chi connectivity index (χ0n) is 14.9. The molecule has 25 heavy (non-hydrogen) atoms. The van der Waals surface area contributed by atoms with Crippen molar-refractivity contribution < 1.29 is 14.1 Å². The fourth-order valence-corrected chi connectivity index (χ4v) is 3.33. The molecule has 0 radical (unpaired) electrons. The number of hydrogen-bond donors (Lipinski definition) is 0. The van der Waals surface area contributed by atoms with Gasteiger partial charge in [0.1, 0.15) is 0 Å². The number of amides is 1. The number of carbonyl (C=O) groups is 1. The van der Waals surface area contributed by atoms with Gasteiger partial charge in [-0.25, -0.2) is 0 Å². The Labute approximate surface area is 148 Å². The lowest BCUT2D eigenvalue weighted by Gasteiger charge is -2.27. The summed E-state index contributed by atoms with van der Waals surface area (Å²) in [6.45, 7) is 2.40. The van der Waals surface area contributed by atoms with Gasteiger partial charge in [-0.2, -0.15) is 0 Å². The van der Waals surface area contributed by atoms with Gasteiger partial charge in [0, 0.05) is 25.7 Å². The van der Waals surface area contributed by atoms with Crippen LogP contribution in [0.2, 0.25) is 0 Å². The number of carbonyl (C=O) groups excluding carboxylic acids is 1. The first-order chi connectivity index (χ1) is 12.2. The first-order valence-electron chi connectivity index (χ1n) is 8.71. The number of benzene rings is 1. The summed E-state index contributed by atoms with van der Waals surface area (Å²) in [4.78, 5) is 16.8. The van der Waals surface area contributed by atoms with Crippen molar-refractivity contribution in [3.05, 3.63) is 47.7 Å². The van der Waals surface area contributed by atoms with Crippen LogP contribution in [0.3, 0.4) is 0 Å². The molecule has 0 unspecified atom stereocenters. The van der Waals surface area contributed by atoms with Crippen molar-refractivity contribution in [1.82, 2.24) is 15.0 Å². The summed E-state index contributed by atoms with van der Waals surface area (Å²) in [5.74, 6) is 0.466. The van der Waals surface area contributed by atoms with Crippen LogP contribution in [-0.4, -0.2) is 54.2 Å². The summed E-state index contributed by atoms with van der Waals surface area (Å²) in [6, 6.07) is 12.5. The predicted molar refractivity (Wildman–Crippen MR) is 94.5 cm³/mol. The molecule has 1 saturated heterocycles. The monoisotopic (exact) mass is 343 g/mol. The number of methoxy groups -OCH3 is 1. The molecule has 1 aromatic carbocycles. The molecule has 1 aromatic heterocycles. The molecule has 2 aromatic rings. The van der Waals surface area contributed by atoms with Crippen LogP contribution in [0.25, 0.3) is 0 Å². The minimum absolute atomic E-state index is 0.109. The van der Waals surface area contributed by atoms with Gasteiger partial charge in [-0.1, -0.05) is 30.3 Å². The number of likely N-dealkylation sites (tertiary alicyclic amines) is 1. The van der Waals surface area contributed by atoms with Gasteiger partial charge in [0.15, 0.2) is 0 Å². The Balaban J connectivity index is 1.57. The molecule has 6 heteroatoms. The molecule has 1 aliphatic rings. The van der Waals surface area contributed by atoms with Crippen LogP contribution in [0, 0.1) is 0 Å². The molecule has 1 amide bonds. The second kappa shape index (κ2) is 8.16. The molecule has 1 atom stereocenters. The number of aromatic nitrogens is 1. The maximum absolute atomic E-state index is 12.6. The van der Waals surface area contributed by atoms with Gasteiger partial charge in [0.2, 0.25) is 5.76 Å². The molecule has 0 N–H and O–H groups in total. The highest BCUT2D eigenvalue weighted by molar-refractivity contribution is 5.91. The Morgan fingerprint density at radius 2 is 2.12 bits per heavy atom. The zero-order chi connectivity index (χ0) is 17.6. The van der Waals surface area contributed by atoms with E-state index < -0.39 is 0 Å².